The van der Waals surface area contributed by atoms with E-state index in [4.69, 9.17) is 16.3 Å². The molecule has 0 fully saturated rings. The van der Waals surface area contributed by atoms with E-state index in [1.807, 2.05) is 18.2 Å². The highest BCUT2D eigenvalue weighted by Crippen LogP contribution is 2.17. The molecule has 0 radical (unpaired) electrons. The summed E-state index contributed by atoms with van der Waals surface area (Å²) in [6, 6.07) is 17.1. The Morgan fingerprint density at radius 1 is 1.09 bits per heavy atom. The van der Waals surface area contributed by atoms with Gasteiger partial charge in [0.2, 0.25) is 0 Å². The Morgan fingerprint density at radius 3 is 2.36 bits per heavy atom. The van der Waals surface area contributed by atoms with Crippen LogP contribution in [0.4, 0.5) is 0 Å². The van der Waals surface area contributed by atoms with Gasteiger partial charge in [-0.15, -0.1) is 0 Å². The Balaban J connectivity index is 1.82. The number of ether oxygens (including phenoxy) is 1. The number of benzene rings is 2. The fourth-order valence-electron chi connectivity index (χ4n) is 2.07. The van der Waals surface area contributed by atoms with Gasteiger partial charge in [0, 0.05) is 11.6 Å². The summed E-state index contributed by atoms with van der Waals surface area (Å²) in [5.41, 5.74) is 1.20. The average molecular weight is 318 g/mol. The molecule has 0 bridgehead atoms. The Hall–Kier alpha value is -2.00. The Bertz CT molecular complexity index is 598. The van der Waals surface area contributed by atoms with Gasteiger partial charge in [-0.2, -0.15) is 0 Å². The third-order valence-electron chi connectivity index (χ3n) is 3.45. The SMILES string of the molecule is C[C@H](Oc1ccc(Cl)cc1)C(=O)NC[C@H](C)c1ccccc1. The van der Waals surface area contributed by atoms with E-state index in [1.54, 1.807) is 31.2 Å². The first kappa shape index (κ1) is 16.4. The zero-order valence-corrected chi connectivity index (χ0v) is 13.5. The normalized spacial score (nSPS) is 13.2. The summed E-state index contributed by atoms with van der Waals surface area (Å²) in [5, 5.41) is 3.56. The molecular formula is C18H20ClNO2. The summed E-state index contributed by atoms with van der Waals surface area (Å²) in [4.78, 5) is 12.1. The van der Waals surface area contributed by atoms with Gasteiger partial charge in [-0.05, 0) is 42.7 Å². The molecule has 0 aliphatic carbocycles. The fourth-order valence-corrected chi connectivity index (χ4v) is 2.19. The third kappa shape index (κ3) is 4.78. The van der Waals surface area contributed by atoms with Crippen LogP contribution >= 0.6 is 11.6 Å². The van der Waals surface area contributed by atoms with E-state index < -0.39 is 6.10 Å². The number of hydrogen-bond donors (Lipinski definition) is 1. The van der Waals surface area contributed by atoms with Gasteiger partial charge in [-0.1, -0.05) is 48.9 Å². The van der Waals surface area contributed by atoms with Crippen molar-refractivity contribution in [2.45, 2.75) is 25.9 Å². The van der Waals surface area contributed by atoms with Crippen LogP contribution in [0, 0.1) is 0 Å². The maximum Gasteiger partial charge on any atom is 0.260 e. The lowest BCUT2D eigenvalue weighted by Crippen LogP contribution is -2.38. The van der Waals surface area contributed by atoms with Crippen molar-refractivity contribution in [1.82, 2.24) is 5.32 Å². The lowest BCUT2D eigenvalue weighted by Gasteiger charge is -2.17. The van der Waals surface area contributed by atoms with Crippen LogP contribution in [0.2, 0.25) is 5.02 Å². The predicted octanol–water partition coefficient (Wildman–Crippen LogP) is 4.03. The van der Waals surface area contributed by atoms with Gasteiger partial charge in [-0.25, -0.2) is 0 Å². The number of nitrogens with one attached hydrogen (secondary N) is 1. The molecule has 2 aromatic carbocycles. The molecule has 4 heteroatoms. The van der Waals surface area contributed by atoms with E-state index in [9.17, 15) is 4.79 Å². The monoisotopic (exact) mass is 317 g/mol. The van der Waals surface area contributed by atoms with Gasteiger partial charge in [0.25, 0.3) is 5.91 Å². The molecule has 0 unspecified atom stereocenters. The Labute approximate surface area is 136 Å². The minimum Gasteiger partial charge on any atom is -0.481 e. The molecule has 2 aromatic rings. The molecule has 1 N–H and O–H groups in total. The number of rotatable bonds is 6. The molecule has 0 saturated heterocycles. The zero-order valence-electron chi connectivity index (χ0n) is 12.8. The van der Waals surface area contributed by atoms with Crippen LogP contribution in [0.5, 0.6) is 5.75 Å². The highest BCUT2D eigenvalue weighted by molar-refractivity contribution is 6.30. The third-order valence-corrected chi connectivity index (χ3v) is 3.70. The molecule has 0 heterocycles. The highest BCUT2D eigenvalue weighted by atomic mass is 35.5. The van der Waals surface area contributed by atoms with Crippen molar-refractivity contribution in [1.29, 1.82) is 0 Å². The number of carbonyl (C=O) groups is 1. The number of halogens is 1. The van der Waals surface area contributed by atoms with Crippen molar-refractivity contribution in [2.24, 2.45) is 0 Å². The summed E-state index contributed by atoms with van der Waals surface area (Å²) >= 11 is 5.82. The van der Waals surface area contributed by atoms with Crippen LogP contribution in [-0.2, 0) is 4.79 Å². The molecule has 116 valence electrons. The lowest BCUT2D eigenvalue weighted by molar-refractivity contribution is -0.127. The minimum atomic E-state index is -0.552. The van der Waals surface area contributed by atoms with Gasteiger partial charge in [0.1, 0.15) is 5.75 Å². The van der Waals surface area contributed by atoms with Crippen LogP contribution in [-0.4, -0.2) is 18.6 Å². The summed E-state index contributed by atoms with van der Waals surface area (Å²) in [7, 11) is 0. The Morgan fingerprint density at radius 2 is 1.73 bits per heavy atom. The van der Waals surface area contributed by atoms with Crippen LogP contribution in [0.1, 0.15) is 25.3 Å². The van der Waals surface area contributed by atoms with Gasteiger partial charge in [-0.3, -0.25) is 4.79 Å². The number of amides is 1. The second-order valence-electron chi connectivity index (χ2n) is 5.27. The van der Waals surface area contributed by atoms with E-state index in [-0.39, 0.29) is 11.8 Å². The summed E-state index contributed by atoms with van der Waals surface area (Å²) < 4.78 is 5.60. The minimum absolute atomic E-state index is 0.127. The first-order chi connectivity index (χ1) is 10.6. The van der Waals surface area contributed by atoms with Crippen LogP contribution in [0.15, 0.2) is 54.6 Å². The van der Waals surface area contributed by atoms with Crippen molar-refractivity contribution in [3.63, 3.8) is 0 Å². The molecule has 2 atom stereocenters. The van der Waals surface area contributed by atoms with Crippen molar-refractivity contribution in [2.75, 3.05) is 6.54 Å². The molecule has 3 nitrogen and oxygen atoms in total. The quantitative estimate of drug-likeness (QED) is 0.873. The van der Waals surface area contributed by atoms with Crippen LogP contribution in [0.25, 0.3) is 0 Å². The molecule has 0 aliphatic rings. The standard InChI is InChI=1S/C18H20ClNO2/c1-13(15-6-4-3-5-7-15)12-20-18(21)14(2)22-17-10-8-16(19)9-11-17/h3-11,13-14H,12H2,1-2H3,(H,20,21)/t13-,14-/m0/s1. The molecule has 2 rings (SSSR count). The Kier molecular flexibility index (Phi) is 5.84. The molecule has 1 amide bonds. The van der Waals surface area contributed by atoms with E-state index in [0.717, 1.165) is 0 Å². The highest BCUT2D eigenvalue weighted by Gasteiger charge is 2.15. The van der Waals surface area contributed by atoms with Crippen molar-refractivity contribution in [3.05, 3.63) is 65.2 Å². The van der Waals surface area contributed by atoms with Crippen LogP contribution in [0.3, 0.4) is 0 Å². The summed E-state index contributed by atoms with van der Waals surface area (Å²) in [6.45, 7) is 4.40. The fraction of sp³-hybridized carbons (Fsp3) is 0.278. The summed E-state index contributed by atoms with van der Waals surface area (Å²) in [6.07, 6.45) is -0.552. The molecule has 0 saturated carbocycles. The van der Waals surface area contributed by atoms with Gasteiger partial charge >= 0.3 is 0 Å². The van der Waals surface area contributed by atoms with Crippen molar-refractivity contribution >= 4 is 17.5 Å². The number of hydrogen-bond acceptors (Lipinski definition) is 2. The van der Waals surface area contributed by atoms with E-state index >= 15 is 0 Å². The first-order valence-electron chi connectivity index (χ1n) is 7.31. The van der Waals surface area contributed by atoms with Gasteiger partial charge < -0.3 is 10.1 Å². The molecule has 0 aliphatic heterocycles. The smallest absolute Gasteiger partial charge is 0.260 e. The van der Waals surface area contributed by atoms with Crippen molar-refractivity contribution in [3.8, 4) is 5.75 Å². The van der Waals surface area contributed by atoms with Gasteiger partial charge in [0.15, 0.2) is 6.10 Å². The number of carbonyl (C=O) groups excluding carboxylic acids is 1. The lowest BCUT2D eigenvalue weighted by atomic mass is 10.0. The molecular weight excluding hydrogens is 298 g/mol. The molecule has 22 heavy (non-hydrogen) atoms. The zero-order chi connectivity index (χ0) is 15.9. The topological polar surface area (TPSA) is 38.3 Å². The maximum atomic E-state index is 12.1. The predicted molar refractivity (Wildman–Crippen MR) is 89.4 cm³/mol. The largest absolute Gasteiger partial charge is 0.481 e. The maximum absolute atomic E-state index is 12.1. The second-order valence-corrected chi connectivity index (χ2v) is 5.71. The van der Waals surface area contributed by atoms with E-state index in [0.29, 0.717) is 17.3 Å². The van der Waals surface area contributed by atoms with Crippen molar-refractivity contribution < 1.29 is 9.53 Å². The van der Waals surface area contributed by atoms with Crippen LogP contribution < -0.4 is 10.1 Å². The second kappa shape index (κ2) is 7.85. The average Bonchev–Trinajstić information content (AvgIpc) is 2.55. The van der Waals surface area contributed by atoms with E-state index in [1.165, 1.54) is 5.56 Å². The van der Waals surface area contributed by atoms with E-state index in [2.05, 4.69) is 24.4 Å². The van der Waals surface area contributed by atoms with Gasteiger partial charge in [0.05, 0.1) is 0 Å². The first-order valence-corrected chi connectivity index (χ1v) is 7.69. The molecule has 0 aromatic heterocycles. The molecule has 0 spiro atoms. The summed E-state index contributed by atoms with van der Waals surface area (Å²) in [5.74, 6) is 0.758.